The molecule has 0 spiro atoms. The van der Waals surface area contributed by atoms with Gasteiger partial charge in [0.2, 0.25) is 5.91 Å². The normalized spacial score (nSPS) is 12.7. The molecule has 3 rings (SSSR count). The summed E-state index contributed by atoms with van der Waals surface area (Å²) in [4.78, 5) is 33.3. The molecule has 0 aliphatic rings. The zero-order valence-electron chi connectivity index (χ0n) is 21.5. The molecule has 1 atom stereocenters. The van der Waals surface area contributed by atoms with Crippen LogP contribution in [0.3, 0.4) is 0 Å². The van der Waals surface area contributed by atoms with E-state index >= 15 is 0 Å². The van der Waals surface area contributed by atoms with Crippen molar-refractivity contribution in [1.82, 2.24) is 10.3 Å². The minimum absolute atomic E-state index is 0.0756. The van der Waals surface area contributed by atoms with E-state index in [2.05, 4.69) is 31.1 Å². The minimum atomic E-state index is -0.985. The smallest absolute Gasteiger partial charge is 0.259 e. The Morgan fingerprint density at radius 3 is 2.14 bits per heavy atom. The summed E-state index contributed by atoms with van der Waals surface area (Å²) in [6.45, 7) is 13.6. The van der Waals surface area contributed by atoms with Gasteiger partial charge in [-0.3, -0.25) is 19.5 Å². The van der Waals surface area contributed by atoms with Gasteiger partial charge in [-0.15, -0.1) is 0 Å². The van der Waals surface area contributed by atoms with Gasteiger partial charge in [-0.1, -0.05) is 39.0 Å². The lowest BCUT2D eigenvalue weighted by Gasteiger charge is -2.34. The van der Waals surface area contributed by atoms with Gasteiger partial charge in [-0.2, -0.15) is 0 Å². The highest BCUT2D eigenvalue weighted by Crippen LogP contribution is 2.32. The maximum Gasteiger partial charge on any atom is 0.259 e. The third kappa shape index (κ3) is 6.32. The highest BCUT2D eigenvalue weighted by atomic mass is 19.1. The van der Waals surface area contributed by atoms with Crippen molar-refractivity contribution in [2.75, 3.05) is 4.90 Å². The number of aromatic nitrogens is 1. The van der Waals surface area contributed by atoms with Gasteiger partial charge >= 0.3 is 0 Å². The van der Waals surface area contributed by atoms with Gasteiger partial charge in [0.05, 0.1) is 0 Å². The largest absolute Gasteiger partial charge is 0.349 e. The SMILES string of the molecule is Cc1cc(C(=O)N(c2ccc(C(C)(C)C)cc2)C(C(=O)NC(C)(C)C)c2cccnc2)ccc1F. The summed E-state index contributed by atoms with van der Waals surface area (Å²) < 4.78 is 14.0. The van der Waals surface area contributed by atoms with Crippen LogP contribution in [0.15, 0.2) is 67.0 Å². The number of rotatable bonds is 5. The quantitative estimate of drug-likeness (QED) is 0.483. The lowest BCUT2D eigenvalue weighted by molar-refractivity contribution is -0.123. The number of hydrogen-bond donors (Lipinski definition) is 1. The van der Waals surface area contributed by atoms with Crippen LogP contribution in [0.1, 0.15) is 74.6 Å². The number of pyridine rings is 1. The topological polar surface area (TPSA) is 62.3 Å². The Bertz CT molecular complexity index is 1190. The zero-order valence-corrected chi connectivity index (χ0v) is 21.5. The number of nitrogens with one attached hydrogen (secondary N) is 1. The van der Waals surface area contributed by atoms with Gasteiger partial charge in [0.25, 0.3) is 5.91 Å². The zero-order chi connectivity index (χ0) is 26.0. The molecule has 1 aromatic heterocycles. The van der Waals surface area contributed by atoms with Gasteiger partial charge < -0.3 is 5.32 Å². The highest BCUT2D eigenvalue weighted by Gasteiger charge is 2.35. The van der Waals surface area contributed by atoms with Gasteiger partial charge in [-0.25, -0.2) is 4.39 Å². The Morgan fingerprint density at radius 1 is 0.971 bits per heavy atom. The van der Waals surface area contributed by atoms with E-state index in [0.29, 0.717) is 22.4 Å². The van der Waals surface area contributed by atoms with Crippen molar-refractivity contribution in [3.63, 3.8) is 0 Å². The first-order valence-electron chi connectivity index (χ1n) is 11.7. The maximum absolute atomic E-state index is 14.0. The number of halogens is 1. The van der Waals surface area contributed by atoms with Crippen molar-refractivity contribution in [3.8, 4) is 0 Å². The third-order valence-electron chi connectivity index (χ3n) is 5.64. The Kier molecular flexibility index (Phi) is 7.44. The fourth-order valence-corrected chi connectivity index (χ4v) is 3.82. The first-order chi connectivity index (χ1) is 16.3. The molecule has 0 saturated heterocycles. The van der Waals surface area contributed by atoms with Crippen LogP contribution in [0.4, 0.5) is 10.1 Å². The summed E-state index contributed by atoms with van der Waals surface area (Å²) in [5.41, 5.74) is 2.28. The Balaban J connectivity index is 2.21. The molecule has 6 heteroatoms. The summed E-state index contributed by atoms with van der Waals surface area (Å²) in [7, 11) is 0. The van der Waals surface area contributed by atoms with Crippen LogP contribution in [0.2, 0.25) is 0 Å². The van der Waals surface area contributed by atoms with E-state index in [1.54, 1.807) is 31.5 Å². The van der Waals surface area contributed by atoms with Crippen LogP contribution in [0.5, 0.6) is 0 Å². The minimum Gasteiger partial charge on any atom is -0.349 e. The molecule has 1 N–H and O–H groups in total. The second-order valence-corrected chi connectivity index (χ2v) is 10.9. The summed E-state index contributed by atoms with van der Waals surface area (Å²) in [5, 5.41) is 3.01. The van der Waals surface area contributed by atoms with Crippen molar-refractivity contribution < 1.29 is 14.0 Å². The number of carbonyl (C=O) groups excluding carboxylic acids is 2. The lowest BCUT2D eigenvalue weighted by Crippen LogP contribution is -2.49. The maximum atomic E-state index is 14.0. The molecule has 1 unspecified atom stereocenters. The summed E-state index contributed by atoms with van der Waals surface area (Å²) in [6, 6.07) is 14.4. The van der Waals surface area contributed by atoms with Crippen LogP contribution < -0.4 is 10.2 Å². The molecule has 0 aliphatic carbocycles. The first kappa shape index (κ1) is 26.1. The molecule has 5 nitrogen and oxygen atoms in total. The van der Waals surface area contributed by atoms with E-state index in [9.17, 15) is 14.0 Å². The van der Waals surface area contributed by atoms with E-state index in [4.69, 9.17) is 0 Å². The average Bonchev–Trinajstić information content (AvgIpc) is 2.77. The summed E-state index contributed by atoms with van der Waals surface area (Å²) in [5.74, 6) is -1.14. The molecule has 2 amide bonds. The van der Waals surface area contributed by atoms with Gasteiger partial charge in [-0.05, 0) is 80.6 Å². The van der Waals surface area contributed by atoms with Crippen molar-refractivity contribution in [2.45, 2.75) is 65.5 Å². The van der Waals surface area contributed by atoms with Crippen molar-refractivity contribution >= 4 is 17.5 Å². The highest BCUT2D eigenvalue weighted by molar-refractivity contribution is 6.10. The Labute approximate surface area is 207 Å². The molecule has 184 valence electrons. The van der Waals surface area contributed by atoms with Crippen LogP contribution in [0, 0.1) is 12.7 Å². The van der Waals surface area contributed by atoms with E-state index in [1.807, 2.05) is 45.0 Å². The second-order valence-electron chi connectivity index (χ2n) is 10.9. The van der Waals surface area contributed by atoms with E-state index < -0.39 is 23.3 Å². The van der Waals surface area contributed by atoms with Crippen molar-refractivity contribution in [2.24, 2.45) is 0 Å². The number of benzene rings is 2. The third-order valence-corrected chi connectivity index (χ3v) is 5.64. The molecule has 35 heavy (non-hydrogen) atoms. The fourth-order valence-electron chi connectivity index (χ4n) is 3.82. The van der Waals surface area contributed by atoms with Crippen molar-refractivity contribution in [3.05, 3.63) is 95.1 Å². The van der Waals surface area contributed by atoms with E-state index in [0.717, 1.165) is 5.56 Å². The van der Waals surface area contributed by atoms with Crippen LogP contribution >= 0.6 is 0 Å². The molecule has 0 fully saturated rings. The van der Waals surface area contributed by atoms with Gasteiger partial charge in [0.1, 0.15) is 11.9 Å². The number of nitrogens with zero attached hydrogens (tertiary/aromatic N) is 2. The predicted molar refractivity (Wildman–Crippen MR) is 138 cm³/mol. The summed E-state index contributed by atoms with van der Waals surface area (Å²) >= 11 is 0. The van der Waals surface area contributed by atoms with E-state index in [-0.39, 0.29) is 11.3 Å². The molecule has 0 saturated carbocycles. The molecule has 2 aromatic carbocycles. The molecule has 3 aromatic rings. The van der Waals surface area contributed by atoms with Crippen LogP contribution in [-0.4, -0.2) is 22.3 Å². The van der Waals surface area contributed by atoms with E-state index in [1.165, 1.54) is 23.1 Å². The summed E-state index contributed by atoms with van der Waals surface area (Å²) in [6.07, 6.45) is 3.21. The standard InChI is InChI=1S/C29H34FN3O2/c1-19-17-20(10-15-24(19)30)27(35)33(23-13-11-22(12-14-23)28(2,3)4)25(21-9-8-16-31-18-21)26(34)32-29(5,6)7/h8-18,25H,1-7H3,(H,32,34). The van der Waals surface area contributed by atoms with Crippen LogP contribution in [-0.2, 0) is 10.2 Å². The second kappa shape index (κ2) is 9.98. The molecule has 1 heterocycles. The number of amides is 2. The number of anilines is 1. The lowest BCUT2D eigenvalue weighted by atomic mass is 9.87. The first-order valence-corrected chi connectivity index (χ1v) is 11.7. The predicted octanol–water partition coefficient (Wildman–Crippen LogP) is 6.13. The van der Waals surface area contributed by atoms with Gasteiger partial charge in [0.15, 0.2) is 0 Å². The fraction of sp³-hybridized carbons (Fsp3) is 0.345. The van der Waals surface area contributed by atoms with Gasteiger partial charge in [0, 0.05) is 34.7 Å². The Hall–Kier alpha value is -3.54. The molecule has 0 bridgehead atoms. The Morgan fingerprint density at radius 2 is 1.63 bits per heavy atom. The average molecular weight is 476 g/mol. The molecule has 0 radical (unpaired) electrons. The molecule has 0 aliphatic heterocycles. The number of aryl methyl sites for hydroxylation is 1. The van der Waals surface area contributed by atoms with Crippen LogP contribution in [0.25, 0.3) is 0 Å². The molecular weight excluding hydrogens is 441 g/mol. The number of carbonyl (C=O) groups is 2. The number of hydrogen-bond acceptors (Lipinski definition) is 3. The van der Waals surface area contributed by atoms with Crippen molar-refractivity contribution in [1.29, 1.82) is 0 Å². The monoisotopic (exact) mass is 475 g/mol. The molecular formula is C29H34FN3O2.